The highest BCUT2D eigenvalue weighted by Gasteiger charge is 2.13. The standard InChI is InChI=1S/C18H17ClN4O3/c1-11-15(12(2)24)9-20-23(18(11)25)10-17-21-16(22-26-17)8-5-13-3-6-14(19)7-4-13/h3-4,6-7,9H,5,8,10H2,1-2H3. The summed E-state index contributed by atoms with van der Waals surface area (Å²) < 4.78 is 6.41. The van der Waals surface area contributed by atoms with Crippen LogP contribution in [-0.4, -0.2) is 25.7 Å². The minimum atomic E-state index is -0.349. The Morgan fingerprint density at radius 1 is 1.23 bits per heavy atom. The summed E-state index contributed by atoms with van der Waals surface area (Å²) in [6.07, 6.45) is 2.74. The van der Waals surface area contributed by atoms with Crippen molar-refractivity contribution >= 4 is 17.4 Å². The molecule has 1 aromatic carbocycles. The first kappa shape index (κ1) is 18.0. The number of hydrogen-bond donors (Lipinski definition) is 0. The van der Waals surface area contributed by atoms with Crippen molar-refractivity contribution < 1.29 is 9.32 Å². The van der Waals surface area contributed by atoms with Crippen LogP contribution in [0.3, 0.4) is 0 Å². The smallest absolute Gasteiger partial charge is 0.270 e. The molecule has 0 saturated heterocycles. The van der Waals surface area contributed by atoms with Gasteiger partial charge < -0.3 is 4.52 Å². The van der Waals surface area contributed by atoms with Gasteiger partial charge in [-0.2, -0.15) is 10.1 Å². The lowest BCUT2D eigenvalue weighted by molar-refractivity contribution is 0.101. The van der Waals surface area contributed by atoms with Crippen LogP contribution in [0.2, 0.25) is 5.02 Å². The van der Waals surface area contributed by atoms with E-state index in [9.17, 15) is 9.59 Å². The maximum absolute atomic E-state index is 12.3. The first-order chi connectivity index (χ1) is 12.4. The van der Waals surface area contributed by atoms with Crippen molar-refractivity contribution in [1.82, 2.24) is 19.9 Å². The molecule has 26 heavy (non-hydrogen) atoms. The number of halogens is 1. The third-order valence-electron chi connectivity index (χ3n) is 4.01. The van der Waals surface area contributed by atoms with E-state index in [0.717, 1.165) is 12.0 Å². The molecule has 134 valence electrons. The van der Waals surface area contributed by atoms with Crippen LogP contribution in [0.15, 0.2) is 39.8 Å². The number of aryl methyl sites for hydroxylation is 2. The Morgan fingerprint density at radius 2 is 1.96 bits per heavy atom. The Labute approximate surface area is 154 Å². The molecule has 2 heterocycles. The topological polar surface area (TPSA) is 90.9 Å². The SMILES string of the molecule is CC(=O)c1cnn(Cc2nc(CCc3ccc(Cl)cc3)no2)c(=O)c1C. The molecule has 0 unspecified atom stereocenters. The maximum Gasteiger partial charge on any atom is 0.270 e. The average molecular weight is 373 g/mol. The second-order valence-corrected chi connectivity index (χ2v) is 6.37. The zero-order valence-corrected chi connectivity index (χ0v) is 15.2. The molecule has 0 aliphatic carbocycles. The number of benzene rings is 1. The Kier molecular flexibility index (Phi) is 5.27. The Hall–Kier alpha value is -2.80. The van der Waals surface area contributed by atoms with Gasteiger partial charge >= 0.3 is 0 Å². The molecule has 0 fully saturated rings. The van der Waals surface area contributed by atoms with Gasteiger partial charge in [-0.1, -0.05) is 28.9 Å². The van der Waals surface area contributed by atoms with Crippen LogP contribution in [-0.2, 0) is 19.4 Å². The molecule has 0 atom stereocenters. The number of carbonyl (C=O) groups is 1. The lowest BCUT2D eigenvalue weighted by atomic mass is 10.1. The first-order valence-electron chi connectivity index (χ1n) is 8.07. The van der Waals surface area contributed by atoms with Gasteiger partial charge in [-0.3, -0.25) is 9.59 Å². The van der Waals surface area contributed by atoms with Crippen molar-refractivity contribution in [1.29, 1.82) is 0 Å². The van der Waals surface area contributed by atoms with Gasteiger partial charge in [-0.15, -0.1) is 0 Å². The van der Waals surface area contributed by atoms with E-state index in [2.05, 4.69) is 15.2 Å². The van der Waals surface area contributed by atoms with Crippen molar-refractivity contribution in [3.8, 4) is 0 Å². The van der Waals surface area contributed by atoms with Crippen molar-refractivity contribution in [3.63, 3.8) is 0 Å². The predicted octanol–water partition coefficient (Wildman–Crippen LogP) is 2.62. The van der Waals surface area contributed by atoms with Crippen LogP contribution in [0.1, 0.15) is 40.1 Å². The second kappa shape index (κ2) is 7.61. The molecule has 3 aromatic rings. The van der Waals surface area contributed by atoms with Crippen molar-refractivity contribution in [2.24, 2.45) is 0 Å². The second-order valence-electron chi connectivity index (χ2n) is 5.93. The zero-order valence-electron chi connectivity index (χ0n) is 14.4. The van der Waals surface area contributed by atoms with Gasteiger partial charge in [-0.05, 0) is 38.0 Å². The average Bonchev–Trinajstić information content (AvgIpc) is 3.06. The molecule has 0 bridgehead atoms. The van der Waals surface area contributed by atoms with E-state index in [0.29, 0.717) is 34.3 Å². The minimum Gasteiger partial charge on any atom is -0.337 e. The third kappa shape index (κ3) is 4.05. The number of rotatable bonds is 6. The van der Waals surface area contributed by atoms with Gasteiger partial charge in [-0.25, -0.2) is 4.68 Å². The molecule has 7 nitrogen and oxygen atoms in total. The van der Waals surface area contributed by atoms with E-state index >= 15 is 0 Å². The quantitative estimate of drug-likeness (QED) is 0.618. The van der Waals surface area contributed by atoms with E-state index in [1.165, 1.54) is 17.8 Å². The number of Topliss-reactive ketones (excluding diaryl/α,β-unsaturated/α-hetero) is 1. The Morgan fingerprint density at radius 3 is 2.65 bits per heavy atom. The van der Waals surface area contributed by atoms with Gasteiger partial charge in [0, 0.05) is 22.6 Å². The van der Waals surface area contributed by atoms with Gasteiger partial charge in [0.2, 0.25) is 5.89 Å². The number of ketones is 1. The Bertz CT molecular complexity index is 992. The number of hydrogen-bond acceptors (Lipinski definition) is 6. The van der Waals surface area contributed by atoms with E-state index < -0.39 is 0 Å². The van der Waals surface area contributed by atoms with Crippen LogP contribution in [0.5, 0.6) is 0 Å². The highest BCUT2D eigenvalue weighted by Crippen LogP contribution is 2.11. The summed E-state index contributed by atoms with van der Waals surface area (Å²) in [6, 6.07) is 7.58. The lowest BCUT2D eigenvalue weighted by Gasteiger charge is -2.05. The van der Waals surface area contributed by atoms with E-state index in [1.807, 2.05) is 24.3 Å². The highest BCUT2D eigenvalue weighted by molar-refractivity contribution is 6.30. The molecule has 0 aliphatic heterocycles. The fourth-order valence-electron chi connectivity index (χ4n) is 2.54. The van der Waals surface area contributed by atoms with E-state index in [-0.39, 0.29) is 17.9 Å². The molecule has 8 heteroatoms. The molecule has 3 rings (SSSR count). The van der Waals surface area contributed by atoms with Gasteiger partial charge in [0.25, 0.3) is 5.56 Å². The monoisotopic (exact) mass is 372 g/mol. The van der Waals surface area contributed by atoms with Crippen molar-refractivity contribution in [3.05, 3.63) is 74.2 Å². The van der Waals surface area contributed by atoms with Crippen LogP contribution in [0.25, 0.3) is 0 Å². The summed E-state index contributed by atoms with van der Waals surface area (Å²) in [5.41, 5.74) is 1.45. The van der Waals surface area contributed by atoms with Gasteiger partial charge in [0.05, 0.1) is 6.20 Å². The van der Waals surface area contributed by atoms with Crippen LogP contribution in [0.4, 0.5) is 0 Å². The van der Waals surface area contributed by atoms with Gasteiger partial charge in [0.1, 0.15) is 6.54 Å². The number of aromatic nitrogens is 4. The largest absolute Gasteiger partial charge is 0.337 e. The van der Waals surface area contributed by atoms with Crippen molar-refractivity contribution in [2.45, 2.75) is 33.2 Å². The summed E-state index contributed by atoms with van der Waals surface area (Å²) in [5.74, 6) is 0.655. The molecule has 0 saturated carbocycles. The lowest BCUT2D eigenvalue weighted by Crippen LogP contribution is -2.27. The van der Waals surface area contributed by atoms with E-state index in [1.54, 1.807) is 6.92 Å². The summed E-state index contributed by atoms with van der Waals surface area (Å²) >= 11 is 5.87. The predicted molar refractivity (Wildman–Crippen MR) is 95.5 cm³/mol. The van der Waals surface area contributed by atoms with Crippen LogP contribution < -0.4 is 5.56 Å². The normalized spacial score (nSPS) is 10.9. The third-order valence-corrected chi connectivity index (χ3v) is 4.26. The first-order valence-corrected chi connectivity index (χ1v) is 8.45. The molecular formula is C18H17ClN4O3. The van der Waals surface area contributed by atoms with Crippen LogP contribution in [0, 0.1) is 6.92 Å². The molecule has 0 radical (unpaired) electrons. The Balaban J connectivity index is 1.69. The number of carbonyl (C=O) groups excluding carboxylic acids is 1. The zero-order chi connectivity index (χ0) is 18.7. The summed E-state index contributed by atoms with van der Waals surface area (Å²) in [5, 5.41) is 8.64. The fourth-order valence-corrected chi connectivity index (χ4v) is 2.67. The molecule has 0 N–H and O–H groups in total. The summed E-state index contributed by atoms with van der Waals surface area (Å²) in [4.78, 5) is 28.0. The molecular weight excluding hydrogens is 356 g/mol. The van der Waals surface area contributed by atoms with Gasteiger partial charge in [0.15, 0.2) is 11.6 Å². The number of nitrogens with zero attached hydrogens (tertiary/aromatic N) is 4. The highest BCUT2D eigenvalue weighted by atomic mass is 35.5. The maximum atomic E-state index is 12.3. The molecule has 0 aliphatic rings. The molecule has 2 aromatic heterocycles. The fraction of sp³-hybridized carbons (Fsp3) is 0.278. The van der Waals surface area contributed by atoms with E-state index in [4.69, 9.17) is 16.1 Å². The summed E-state index contributed by atoms with van der Waals surface area (Å²) in [6.45, 7) is 3.06. The van der Waals surface area contributed by atoms with Crippen LogP contribution >= 0.6 is 11.6 Å². The van der Waals surface area contributed by atoms with Crippen molar-refractivity contribution in [2.75, 3.05) is 0 Å². The summed E-state index contributed by atoms with van der Waals surface area (Å²) in [7, 11) is 0. The minimum absolute atomic E-state index is 0.0613. The molecule has 0 spiro atoms. The molecule has 0 amide bonds.